The summed E-state index contributed by atoms with van der Waals surface area (Å²) < 4.78 is 35.0. The van der Waals surface area contributed by atoms with Gasteiger partial charge in [0.05, 0.1) is 11.7 Å². The minimum absolute atomic E-state index is 0.208. The van der Waals surface area contributed by atoms with Gasteiger partial charge >= 0.3 is 5.97 Å². The molecule has 0 atom stereocenters. The minimum atomic E-state index is -2.49. The van der Waals surface area contributed by atoms with Crippen LogP contribution >= 0.6 is 11.8 Å². The van der Waals surface area contributed by atoms with Crippen molar-refractivity contribution in [2.24, 2.45) is 0 Å². The average Bonchev–Trinajstić information content (AvgIpc) is 2.61. The van der Waals surface area contributed by atoms with Crippen molar-refractivity contribution in [2.75, 3.05) is 11.9 Å². The predicted octanol–water partition coefficient (Wildman–Crippen LogP) is 4.58. The summed E-state index contributed by atoms with van der Waals surface area (Å²) in [7, 11) is 0. The number of esters is 1. The summed E-state index contributed by atoms with van der Waals surface area (Å²) in [4.78, 5) is 24.1. The van der Waals surface area contributed by atoms with Gasteiger partial charge in [0.1, 0.15) is 5.75 Å². The second kappa shape index (κ2) is 9.91. The fourth-order valence-electron chi connectivity index (χ4n) is 2.04. The quantitative estimate of drug-likeness (QED) is 0.523. The van der Waals surface area contributed by atoms with Crippen LogP contribution < -0.4 is 10.1 Å². The van der Waals surface area contributed by atoms with E-state index in [0.29, 0.717) is 33.7 Å². The molecule has 8 heteroatoms. The monoisotopic (exact) mass is 395 g/mol. The van der Waals surface area contributed by atoms with Crippen molar-refractivity contribution in [1.82, 2.24) is 0 Å². The Morgan fingerprint density at radius 1 is 1.04 bits per heavy atom. The van der Waals surface area contributed by atoms with Gasteiger partial charge < -0.3 is 14.8 Å². The number of thioether (sulfide) groups is 1. The highest BCUT2D eigenvalue weighted by Gasteiger charge is 2.10. The first kappa shape index (κ1) is 20.7. The fourth-order valence-corrected chi connectivity index (χ4v) is 2.53. The van der Waals surface area contributed by atoms with E-state index in [-0.39, 0.29) is 12.7 Å². The Bertz CT molecular complexity index is 764. The third-order valence-corrected chi connectivity index (χ3v) is 3.89. The molecule has 0 aliphatic heterocycles. The highest BCUT2D eigenvalue weighted by Crippen LogP contribution is 2.26. The molecule has 0 aromatic heterocycles. The Morgan fingerprint density at radius 2 is 1.67 bits per heavy atom. The maximum Gasteiger partial charge on any atom is 0.338 e. The van der Waals surface area contributed by atoms with Gasteiger partial charge in [-0.2, -0.15) is 8.78 Å². The number of hydrogen-bond donors (Lipinski definition) is 1. The van der Waals surface area contributed by atoms with Crippen molar-refractivity contribution >= 4 is 29.3 Å². The molecule has 1 amide bonds. The Morgan fingerprint density at radius 3 is 2.22 bits per heavy atom. The van der Waals surface area contributed by atoms with E-state index >= 15 is 0 Å². The lowest BCUT2D eigenvalue weighted by molar-refractivity contribution is -0.118. The number of anilines is 1. The van der Waals surface area contributed by atoms with Crippen molar-refractivity contribution in [1.29, 1.82) is 0 Å². The molecule has 0 fully saturated rings. The van der Waals surface area contributed by atoms with Crippen molar-refractivity contribution in [2.45, 2.75) is 30.6 Å². The van der Waals surface area contributed by atoms with Crippen LogP contribution in [0.2, 0.25) is 0 Å². The number of carbonyl (C=O) groups excluding carboxylic acids is 2. The van der Waals surface area contributed by atoms with Crippen LogP contribution in [0.25, 0.3) is 0 Å². The van der Waals surface area contributed by atoms with Crippen LogP contribution in [-0.2, 0) is 9.53 Å². The summed E-state index contributed by atoms with van der Waals surface area (Å²) in [5, 5.41) is 2.61. The van der Waals surface area contributed by atoms with Gasteiger partial charge in [0, 0.05) is 10.6 Å². The zero-order valence-corrected chi connectivity index (χ0v) is 15.6. The van der Waals surface area contributed by atoms with Crippen LogP contribution in [0.4, 0.5) is 14.5 Å². The fraction of sp³-hybridized carbons (Fsp3) is 0.263. The molecule has 2 aromatic rings. The van der Waals surface area contributed by atoms with Crippen molar-refractivity contribution in [3.63, 3.8) is 0 Å². The van der Waals surface area contributed by atoms with E-state index in [1.807, 2.05) is 0 Å². The molecular weight excluding hydrogens is 376 g/mol. The van der Waals surface area contributed by atoms with Crippen LogP contribution in [0, 0.1) is 0 Å². The number of carbonyl (C=O) groups is 2. The zero-order chi connectivity index (χ0) is 19.8. The topological polar surface area (TPSA) is 64.6 Å². The molecule has 144 valence electrons. The van der Waals surface area contributed by atoms with Gasteiger partial charge in [-0.25, -0.2) is 4.79 Å². The van der Waals surface area contributed by atoms with E-state index in [0.717, 1.165) is 0 Å². The van der Waals surface area contributed by atoms with Crippen LogP contribution in [0.5, 0.6) is 5.75 Å². The normalized spacial score (nSPS) is 10.7. The number of halogens is 2. The van der Waals surface area contributed by atoms with Gasteiger partial charge in [0.2, 0.25) is 0 Å². The minimum Gasteiger partial charge on any atom is -0.484 e. The lowest BCUT2D eigenvalue weighted by Gasteiger charge is -2.10. The van der Waals surface area contributed by atoms with E-state index < -0.39 is 17.6 Å². The number of nitrogens with one attached hydrogen (secondary N) is 1. The maximum atomic E-state index is 12.3. The lowest BCUT2D eigenvalue weighted by atomic mass is 10.2. The van der Waals surface area contributed by atoms with E-state index in [1.165, 1.54) is 24.3 Å². The molecule has 0 radical (unpaired) electrons. The third-order valence-electron chi connectivity index (χ3n) is 3.17. The van der Waals surface area contributed by atoms with Gasteiger partial charge in [-0.05, 0) is 62.4 Å². The molecule has 0 bridgehead atoms. The van der Waals surface area contributed by atoms with E-state index in [9.17, 15) is 18.4 Å². The van der Waals surface area contributed by atoms with Crippen LogP contribution in [-0.4, -0.2) is 30.3 Å². The SMILES string of the molecule is CC(C)OC(=O)c1ccc(OCC(=O)Nc2ccc(SC(F)F)cc2)cc1. The Labute approximate surface area is 160 Å². The van der Waals surface area contributed by atoms with Crippen LogP contribution in [0.15, 0.2) is 53.4 Å². The summed E-state index contributed by atoms with van der Waals surface area (Å²) in [6, 6.07) is 12.3. The summed E-state index contributed by atoms with van der Waals surface area (Å²) in [6.45, 7) is 3.29. The van der Waals surface area contributed by atoms with E-state index in [4.69, 9.17) is 9.47 Å². The summed E-state index contributed by atoms with van der Waals surface area (Å²) in [5.41, 5.74) is 0.872. The second-order valence-electron chi connectivity index (χ2n) is 5.72. The molecule has 0 unspecified atom stereocenters. The highest BCUT2D eigenvalue weighted by molar-refractivity contribution is 7.99. The number of ether oxygens (including phenoxy) is 2. The van der Waals surface area contributed by atoms with Crippen molar-refractivity contribution < 1.29 is 27.8 Å². The number of benzene rings is 2. The summed E-state index contributed by atoms with van der Waals surface area (Å²) in [6.07, 6.45) is -0.208. The van der Waals surface area contributed by atoms with Gasteiger partial charge in [0.15, 0.2) is 6.61 Å². The maximum absolute atomic E-state index is 12.3. The number of amides is 1. The molecular formula is C19H19F2NO4S. The van der Waals surface area contributed by atoms with Gasteiger partial charge in [0.25, 0.3) is 11.7 Å². The Kier molecular flexibility index (Phi) is 7.60. The molecule has 0 aliphatic rings. The average molecular weight is 395 g/mol. The van der Waals surface area contributed by atoms with E-state index in [2.05, 4.69) is 5.32 Å². The smallest absolute Gasteiger partial charge is 0.338 e. The third kappa shape index (κ3) is 7.26. The Hall–Kier alpha value is -2.61. The first-order chi connectivity index (χ1) is 12.8. The molecule has 5 nitrogen and oxygen atoms in total. The lowest BCUT2D eigenvalue weighted by Crippen LogP contribution is -2.20. The molecule has 27 heavy (non-hydrogen) atoms. The van der Waals surface area contributed by atoms with Crippen LogP contribution in [0.3, 0.4) is 0 Å². The number of rotatable bonds is 8. The first-order valence-corrected chi connectivity index (χ1v) is 9.00. The zero-order valence-electron chi connectivity index (χ0n) is 14.8. The van der Waals surface area contributed by atoms with E-state index in [1.54, 1.807) is 38.1 Å². The summed E-state index contributed by atoms with van der Waals surface area (Å²) >= 11 is 0.436. The van der Waals surface area contributed by atoms with Gasteiger partial charge in [-0.3, -0.25) is 4.79 Å². The predicted molar refractivity (Wildman–Crippen MR) is 99.4 cm³/mol. The number of hydrogen-bond acceptors (Lipinski definition) is 5. The molecule has 0 saturated heterocycles. The molecule has 2 rings (SSSR count). The molecule has 1 N–H and O–H groups in total. The molecule has 0 aliphatic carbocycles. The van der Waals surface area contributed by atoms with Crippen LogP contribution in [0.1, 0.15) is 24.2 Å². The first-order valence-electron chi connectivity index (χ1n) is 8.12. The van der Waals surface area contributed by atoms with Gasteiger partial charge in [-0.15, -0.1) is 0 Å². The standard InChI is InChI=1S/C19H19F2NO4S/c1-12(2)26-18(24)13-3-7-15(8-4-13)25-11-17(23)22-14-5-9-16(10-6-14)27-19(20)21/h3-10,12,19H,11H2,1-2H3,(H,22,23). The van der Waals surface area contributed by atoms with Crippen molar-refractivity contribution in [3.05, 3.63) is 54.1 Å². The molecule has 0 heterocycles. The van der Waals surface area contributed by atoms with Gasteiger partial charge in [-0.1, -0.05) is 11.8 Å². The molecule has 0 saturated carbocycles. The molecule has 2 aromatic carbocycles. The number of alkyl halides is 2. The Balaban J connectivity index is 1.82. The summed E-state index contributed by atoms with van der Waals surface area (Å²) in [5.74, 6) is -2.89. The largest absolute Gasteiger partial charge is 0.484 e. The molecule has 0 spiro atoms. The highest BCUT2D eigenvalue weighted by atomic mass is 32.2. The second-order valence-corrected chi connectivity index (χ2v) is 6.78. The van der Waals surface area contributed by atoms with Crippen molar-refractivity contribution in [3.8, 4) is 5.75 Å².